The maximum Gasteiger partial charge on any atom is 0.182 e. The highest BCUT2D eigenvalue weighted by atomic mass is 16.5. The Morgan fingerprint density at radius 3 is 1.70 bits per heavy atom. The van der Waals surface area contributed by atoms with E-state index in [4.69, 9.17) is 26.8 Å². The minimum atomic E-state index is -1.83. The molecule has 0 saturated heterocycles. The molecule has 0 amide bonds. The van der Waals surface area contributed by atoms with Gasteiger partial charge in [-0.05, 0) is 12.5 Å². The first-order valence-corrected chi connectivity index (χ1v) is 2.72. The summed E-state index contributed by atoms with van der Waals surface area (Å²) in [5, 5.41) is 25.6. The van der Waals surface area contributed by atoms with Crippen molar-refractivity contribution in [2.24, 2.45) is 11.5 Å². The second kappa shape index (κ2) is 3.40. The van der Waals surface area contributed by atoms with Crippen molar-refractivity contribution in [3.8, 4) is 0 Å². The van der Waals surface area contributed by atoms with E-state index in [2.05, 4.69) is 0 Å². The van der Waals surface area contributed by atoms with Crippen LogP contribution in [0.1, 0.15) is 6.92 Å². The van der Waals surface area contributed by atoms with Crippen molar-refractivity contribution in [1.29, 1.82) is 0 Å². The SMILES string of the molecule is CC(=C(N)N)C(O)C(O)O. The molecule has 10 heavy (non-hydrogen) atoms. The van der Waals surface area contributed by atoms with E-state index in [1.54, 1.807) is 0 Å². The molecule has 0 bridgehead atoms. The monoisotopic (exact) mass is 148 g/mol. The Bertz CT molecular complexity index is 140. The van der Waals surface area contributed by atoms with Gasteiger partial charge in [0.15, 0.2) is 6.29 Å². The van der Waals surface area contributed by atoms with Gasteiger partial charge in [0.2, 0.25) is 0 Å². The van der Waals surface area contributed by atoms with E-state index in [9.17, 15) is 0 Å². The van der Waals surface area contributed by atoms with Gasteiger partial charge in [-0.1, -0.05) is 0 Å². The Balaban J connectivity index is 4.22. The van der Waals surface area contributed by atoms with Gasteiger partial charge in [-0.2, -0.15) is 0 Å². The fourth-order valence-corrected chi connectivity index (χ4v) is 0.394. The second-order valence-corrected chi connectivity index (χ2v) is 2.00. The molecule has 5 heteroatoms. The summed E-state index contributed by atoms with van der Waals surface area (Å²) < 4.78 is 0. The molecule has 0 aromatic heterocycles. The zero-order valence-corrected chi connectivity index (χ0v) is 5.65. The Hall–Kier alpha value is -0.780. The predicted molar refractivity (Wildman–Crippen MR) is 35.3 cm³/mol. The quantitative estimate of drug-likeness (QED) is 0.285. The Morgan fingerprint density at radius 2 is 1.60 bits per heavy atom. The van der Waals surface area contributed by atoms with E-state index in [1.165, 1.54) is 6.92 Å². The lowest BCUT2D eigenvalue weighted by Gasteiger charge is -2.13. The first kappa shape index (κ1) is 9.22. The molecule has 0 saturated carbocycles. The fraction of sp³-hybridized carbons (Fsp3) is 0.600. The normalized spacial score (nSPS) is 13.3. The molecule has 0 aromatic rings. The summed E-state index contributed by atoms with van der Waals surface area (Å²) in [7, 11) is 0. The average Bonchev–Trinajstić information content (AvgIpc) is 1.84. The number of hydrogen-bond donors (Lipinski definition) is 5. The Morgan fingerprint density at radius 1 is 1.20 bits per heavy atom. The summed E-state index contributed by atoms with van der Waals surface area (Å²) >= 11 is 0. The van der Waals surface area contributed by atoms with Crippen LogP contribution >= 0.6 is 0 Å². The van der Waals surface area contributed by atoms with Crippen LogP contribution in [0.15, 0.2) is 11.4 Å². The minimum absolute atomic E-state index is 0.0967. The molecule has 0 fully saturated rings. The molecular formula is C5H12N2O3. The molecule has 0 heterocycles. The van der Waals surface area contributed by atoms with Gasteiger partial charge in [0.1, 0.15) is 6.10 Å². The molecule has 0 spiro atoms. The summed E-state index contributed by atoms with van der Waals surface area (Å²) in [6.07, 6.45) is -3.23. The largest absolute Gasteiger partial charge is 0.386 e. The van der Waals surface area contributed by atoms with E-state index < -0.39 is 12.4 Å². The van der Waals surface area contributed by atoms with E-state index >= 15 is 0 Å². The van der Waals surface area contributed by atoms with Gasteiger partial charge in [0, 0.05) is 0 Å². The average molecular weight is 148 g/mol. The molecular weight excluding hydrogens is 136 g/mol. The lowest BCUT2D eigenvalue weighted by atomic mass is 10.1. The second-order valence-electron chi connectivity index (χ2n) is 2.00. The molecule has 1 unspecified atom stereocenters. The van der Waals surface area contributed by atoms with Crippen molar-refractivity contribution < 1.29 is 15.3 Å². The molecule has 1 atom stereocenters. The van der Waals surface area contributed by atoms with Gasteiger partial charge in [-0.3, -0.25) is 0 Å². The van der Waals surface area contributed by atoms with Crippen LogP contribution in [0.25, 0.3) is 0 Å². The highest BCUT2D eigenvalue weighted by Crippen LogP contribution is 2.03. The zero-order chi connectivity index (χ0) is 8.31. The highest BCUT2D eigenvalue weighted by Gasteiger charge is 2.15. The number of hydrogen-bond acceptors (Lipinski definition) is 5. The van der Waals surface area contributed by atoms with Crippen LogP contribution < -0.4 is 11.5 Å². The maximum atomic E-state index is 8.85. The molecule has 0 radical (unpaired) electrons. The molecule has 0 rings (SSSR count). The van der Waals surface area contributed by atoms with Gasteiger partial charge in [-0.25, -0.2) is 0 Å². The molecule has 0 aliphatic carbocycles. The van der Waals surface area contributed by atoms with Gasteiger partial charge >= 0.3 is 0 Å². The smallest absolute Gasteiger partial charge is 0.182 e. The first-order chi connectivity index (χ1) is 4.46. The fourth-order valence-electron chi connectivity index (χ4n) is 0.394. The first-order valence-electron chi connectivity index (χ1n) is 2.72. The van der Waals surface area contributed by atoms with Gasteiger partial charge in [-0.15, -0.1) is 0 Å². The lowest BCUT2D eigenvalue weighted by molar-refractivity contribution is -0.108. The molecule has 7 N–H and O–H groups in total. The number of nitrogens with two attached hydrogens (primary N) is 2. The maximum absolute atomic E-state index is 8.85. The third-order valence-electron chi connectivity index (χ3n) is 1.18. The van der Waals surface area contributed by atoms with Crippen molar-refractivity contribution in [1.82, 2.24) is 0 Å². The number of rotatable bonds is 2. The van der Waals surface area contributed by atoms with E-state index in [1.807, 2.05) is 0 Å². The summed E-state index contributed by atoms with van der Waals surface area (Å²) in [6.45, 7) is 1.42. The van der Waals surface area contributed by atoms with Crippen molar-refractivity contribution in [3.05, 3.63) is 11.4 Å². The topological polar surface area (TPSA) is 113 Å². The van der Waals surface area contributed by atoms with Crippen LogP contribution in [0.5, 0.6) is 0 Å². The minimum Gasteiger partial charge on any atom is -0.386 e. The molecule has 60 valence electrons. The van der Waals surface area contributed by atoms with Crippen molar-refractivity contribution in [3.63, 3.8) is 0 Å². The van der Waals surface area contributed by atoms with Crippen LogP contribution in [-0.2, 0) is 0 Å². The van der Waals surface area contributed by atoms with Crippen LogP contribution in [-0.4, -0.2) is 27.7 Å². The number of aliphatic hydroxyl groups excluding tert-OH is 2. The molecule has 0 aromatic carbocycles. The van der Waals surface area contributed by atoms with Crippen molar-refractivity contribution in [2.45, 2.75) is 19.3 Å². The summed E-state index contributed by atoms with van der Waals surface area (Å²) in [5.41, 5.74) is 10.3. The van der Waals surface area contributed by atoms with Crippen LogP contribution in [0.3, 0.4) is 0 Å². The molecule has 5 nitrogen and oxygen atoms in total. The predicted octanol–water partition coefficient (Wildman–Crippen LogP) is -2.19. The van der Waals surface area contributed by atoms with Gasteiger partial charge in [0.25, 0.3) is 0 Å². The van der Waals surface area contributed by atoms with Crippen molar-refractivity contribution in [2.75, 3.05) is 0 Å². The third kappa shape index (κ3) is 2.22. The molecule has 0 aliphatic rings. The van der Waals surface area contributed by atoms with E-state index in [0.717, 1.165) is 0 Å². The van der Waals surface area contributed by atoms with Crippen LogP contribution in [0, 0.1) is 0 Å². The Labute approximate surface area is 58.6 Å². The highest BCUT2D eigenvalue weighted by molar-refractivity contribution is 5.10. The van der Waals surface area contributed by atoms with E-state index in [-0.39, 0.29) is 11.4 Å². The standard InChI is InChI=1S/C5H12N2O3/c1-2(4(6)7)3(8)5(9)10/h3,5,8-10H,6-7H2,1H3. The van der Waals surface area contributed by atoms with Crippen molar-refractivity contribution >= 4 is 0 Å². The number of aliphatic hydroxyl groups is 3. The summed E-state index contributed by atoms with van der Waals surface area (Å²) in [6, 6.07) is 0. The lowest BCUT2D eigenvalue weighted by Crippen LogP contribution is -2.29. The molecule has 0 aliphatic heterocycles. The third-order valence-corrected chi connectivity index (χ3v) is 1.18. The van der Waals surface area contributed by atoms with Gasteiger partial charge in [0.05, 0.1) is 5.82 Å². The van der Waals surface area contributed by atoms with Gasteiger partial charge < -0.3 is 26.8 Å². The zero-order valence-electron chi connectivity index (χ0n) is 5.65. The Kier molecular flexibility index (Phi) is 3.14. The summed E-state index contributed by atoms with van der Waals surface area (Å²) in [4.78, 5) is 0. The van der Waals surface area contributed by atoms with Crippen LogP contribution in [0.4, 0.5) is 0 Å². The summed E-state index contributed by atoms with van der Waals surface area (Å²) in [5.74, 6) is -0.0967. The van der Waals surface area contributed by atoms with E-state index in [0.29, 0.717) is 0 Å². The van der Waals surface area contributed by atoms with Crippen LogP contribution in [0.2, 0.25) is 0 Å².